The minimum Gasteiger partial charge on any atom is -0.496 e. The van der Waals surface area contributed by atoms with Crippen LogP contribution in [-0.4, -0.2) is 23.2 Å². The van der Waals surface area contributed by atoms with Gasteiger partial charge in [0.25, 0.3) is 0 Å². The lowest BCUT2D eigenvalue weighted by Gasteiger charge is -2.07. The summed E-state index contributed by atoms with van der Waals surface area (Å²) in [6.45, 7) is 6.80. The zero-order valence-electron chi connectivity index (χ0n) is 12.9. The number of nitrogens with two attached hydrogens (primary N) is 1. The molecule has 1 aromatic carbocycles. The summed E-state index contributed by atoms with van der Waals surface area (Å²) in [6.07, 6.45) is 0.772. The molecular weight excluding hydrogens is 266 g/mol. The van der Waals surface area contributed by atoms with Crippen LogP contribution in [0, 0.1) is 12.8 Å². The zero-order valence-corrected chi connectivity index (χ0v) is 12.9. The quantitative estimate of drug-likeness (QED) is 0.858. The molecule has 2 aromatic rings. The first-order chi connectivity index (χ1) is 9.97. The summed E-state index contributed by atoms with van der Waals surface area (Å²) in [4.78, 5) is 11.4. The third-order valence-corrected chi connectivity index (χ3v) is 3.35. The van der Waals surface area contributed by atoms with Crippen molar-refractivity contribution in [3.05, 3.63) is 29.3 Å². The second-order valence-corrected chi connectivity index (χ2v) is 5.53. The summed E-state index contributed by atoms with van der Waals surface area (Å²) in [7, 11) is 1.63. The lowest BCUT2D eigenvalue weighted by Crippen LogP contribution is -2.09. The molecule has 0 aliphatic heterocycles. The summed E-state index contributed by atoms with van der Waals surface area (Å²) in [5, 5.41) is 4.51. The van der Waals surface area contributed by atoms with E-state index in [1.807, 2.05) is 25.1 Å². The van der Waals surface area contributed by atoms with E-state index in [1.165, 1.54) is 0 Å². The van der Waals surface area contributed by atoms with Gasteiger partial charge in [0.05, 0.1) is 12.7 Å². The van der Waals surface area contributed by atoms with Crippen LogP contribution in [-0.2, 0) is 6.54 Å². The van der Waals surface area contributed by atoms with Gasteiger partial charge in [-0.1, -0.05) is 13.8 Å². The molecule has 1 heterocycles. The number of nitrogen functional groups attached to an aromatic ring is 1. The molecular formula is C16H21N3O2. The van der Waals surface area contributed by atoms with E-state index in [9.17, 15) is 4.79 Å². The van der Waals surface area contributed by atoms with Crippen molar-refractivity contribution < 1.29 is 9.53 Å². The summed E-state index contributed by atoms with van der Waals surface area (Å²) in [6, 6.07) is 5.71. The van der Waals surface area contributed by atoms with Crippen molar-refractivity contribution in [2.24, 2.45) is 5.92 Å². The molecule has 1 aromatic heterocycles. The van der Waals surface area contributed by atoms with E-state index in [-0.39, 0.29) is 0 Å². The molecule has 5 heteroatoms. The van der Waals surface area contributed by atoms with Gasteiger partial charge in [-0.25, -0.2) is 4.68 Å². The molecule has 0 atom stereocenters. The fraction of sp³-hybridized carbons (Fsp3) is 0.375. The van der Waals surface area contributed by atoms with Crippen molar-refractivity contribution in [3.63, 3.8) is 0 Å². The Balaban J connectivity index is 2.52. The Hall–Kier alpha value is -2.30. The number of nitrogens with zero attached hydrogens (tertiary/aromatic N) is 2. The Morgan fingerprint density at radius 2 is 2.14 bits per heavy atom. The maximum Gasteiger partial charge on any atom is 0.156 e. The number of carbonyl (C=O) groups excluding carboxylic acids is 1. The Labute approximate surface area is 124 Å². The van der Waals surface area contributed by atoms with Crippen molar-refractivity contribution in [1.29, 1.82) is 0 Å². The summed E-state index contributed by atoms with van der Waals surface area (Å²) < 4.78 is 6.95. The van der Waals surface area contributed by atoms with E-state index < -0.39 is 0 Å². The monoisotopic (exact) mass is 287 g/mol. The number of hydrogen-bond donors (Lipinski definition) is 1. The molecule has 5 nitrogen and oxygen atoms in total. The fourth-order valence-electron chi connectivity index (χ4n) is 2.33. The molecule has 0 fully saturated rings. The lowest BCUT2D eigenvalue weighted by atomic mass is 10.1. The average molecular weight is 287 g/mol. The molecule has 112 valence electrons. The van der Waals surface area contributed by atoms with Crippen LogP contribution in [0.5, 0.6) is 5.75 Å². The topological polar surface area (TPSA) is 70.1 Å². The molecule has 0 saturated carbocycles. The number of benzene rings is 1. The summed E-state index contributed by atoms with van der Waals surface area (Å²) in [5.74, 6) is 1.63. The van der Waals surface area contributed by atoms with E-state index in [4.69, 9.17) is 10.5 Å². The smallest absolute Gasteiger partial charge is 0.156 e. The minimum absolute atomic E-state index is 0.400. The highest BCUT2D eigenvalue weighted by molar-refractivity contribution is 5.91. The number of aryl methyl sites for hydroxylation is 1. The van der Waals surface area contributed by atoms with Crippen LogP contribution in [0.25, 0.3) is 11.3 Å². The van der Waals surface area contributed by atoms with Crippen molar-refractivity contribution in [3.8, 4) is 17.0 Å². The molecule has 2 rings (SSSR count). The standard InChI is InChI=1S/C16H21N3O2/c1-10(2)8-19-16(17)13(9-20)15(18-19)12-5-6-14(21-4)11(3)7-12/h5-7,9-10H,8,17H2,1-4H3. The first-order valence-corrected chi connectivity index (χ1v) is 6.94. The Kier molecular flexibility index (Phi) is 4.31. The van der Waals surface area contributed by atoms with Crippen LogP contribution in [0.2, 0.25) is 0 Å². The van der Waals surface area contributed by atoms with E-state index in [1.54, 1.807) is 11.8 Å². The molecule has 0 unspecified atom stereocenters. The first kappa shape index (κ1) is 15.1. The van der Waals surface area contributed by atoms with Gasteiger partial charge in [-0.3, -0.25) is 4.79 Å². The van der Waals surface area contributed by atoms with Gasteiger partial charge in [-0.15, -0.1) is 0 Å². The molecule has 0 spiro atoms. The Morgan fingerprint density at radius 1 is 1.43 bits per heavy atom. The molecule has 2 N–H and O–H groups in total. The summed E-state index contributed by atoms with van der Waals surface area (Å²) >= 11 is 0. The van der Waals surface area contributed by atoms with E-state index in [2.05, 4.69) is 18.9 Å². The molecule has 0 aliphatic rings. The van der Waals surface area contributed by atoms with Gasteiger partial charge in [0, 0.05) is 12.1 Å². The number of ether oxygens (including phenoxy) is 1. The van der Waals surface area contributed by atoms with Gasteiger partial charge in [0.2, 0.25) is 0 Å². The number of methoxy groups -OCH3 is 1. The number of anilines is 1. The average Bonchev–Trinajstić information content (AvgIpc) is 2.74. The van der Waals surface area contributed by atoms with Gasteiger partial charge >= 0.3 is 0 Å². The fourth-order valence-corrected chi connectivity index (χ4v) is 2.33. The molecule has 0 saturated heterocycles. The van der Waals surface area contributed by atoms with E-state index in [0.717, 1.165) is 23.2 Å². The van der Waals surface area contributed by atoms with Crippen molar-refractivity contribution in [1.82, 2.24) is 9.78 Å². The van der Waals surface area contributed by atoms with Gasteiger partial charge < -0.3 is 10.5 Å². The third-order valence-electron chi connectivity index (χ3n) is 3.35. The van der Waals surface area contributed by atoms with Crippen LogP contribution < -0.4 is 10.5 Å². The van der Waals surface area contributed by atoms with Gasteiger partial charge in [-0.2, -0.15) is 5.10 Å². The first-order valence-electron chi connectivity index (χ1n) is 6.94. The molecule has 0 amide bonds. The normalized spacial score (nSPS) is 10.9. The maximum atomic E-state index is 11.4. The number of hydrogen-bond acceptors (Lipinski definition) is 4. The second kappa shape index (κ2) is 5.99. The highest BCUT2D eigenvalue weighted by Crippen LogP contribution is 2.29. The van der Waals surface area contributed by atoms with Gasteiger partial charge in [0.15, 0.2) is 6.29 Å². The van der Waals surface area contributed by atoms with Gasteiger partial charge in [0.1, 0.15) is 17.3 Å². The SMILES string of the molecule is COc1ccc(-c2nn(CC(C)C)c(N)c2C=O)cc1C. The van der Waals surface area contributed by atoms with Crippen molar-refractivity contribution >= 4 is 12.1 Å². The van der Waals surface area contributed by atoms with Crippen molar-refractivity contribution in [2.75, 3.05) is 12.8 Å². The number of aromatic nitrogens is 2. The number of carbonyl (C=O) groups is 1. The molecule has 21 heavy (non-hydrogen) atoms. The predicted octanol–water partition coefficient (Wildman–Crippen LogP) is 2.92. The van der Waals surface area contributed by atoms with Crippen LogP contribution in [0.1, 0.15) is 29.8 Å². The number of rotatable bonds is 5. The minimum atomic E-state index is 0.400. The summed E-state index contributed by atoms with van der Waals surface area (Å²) in [5.41, 5.74) is 8.96. The van der Waals surface area contributed by atoms with Gasteiger partial charge in [-0.05, 0) is 36.6 Å². The maximum absolute atomic E-state index is 11.4. The van der Waals surface area contributed by atoms with Crippen LogP contribution in [0.4, 0.5) is 5.82 Å². The van der Waals surface area contributed by atoms with Crippen LogP contribution in [0.15, 0.2) is 18.2 Å². The van der Waals surface area contributed by atoms with Crippen LogP contribution >= 0.6 is 0 Å². The van der Waals surface area contributed by atoms with Crippen LogP contribution in [0.3, 0.4) is 0 Å². The Morgan fingerprint density at radius 3 is 2.67 bits per heavy atom. The highest BCUT2D eigenvalue weighted by atomic mass is 16.5. The predicted molar refractivity (Wildman–Crippen MR) is 83.6 cm³/mol. The van der Waals surface area contributed by atoms with E-state index >= 15 is 0 Å². The van der Waals surface area contributed by atoms with E-state index in [0.29, 0.717) is 29.5 Å². The molecule has 0 aliphatic carbocycles. The molecule has 0 bridgehead atoms. The van der Waals surface area contributed by atoms with Crippen molar-refractivity contribution in [2.45, 2.75) is 27.3 Å². The third kappa shape index (κ3) is 2.91. The highest BCUT2D eigenvalue weighted by Gasteiger charge is 2.17. The lowest BCUT2D eigenvalue weighted by molar-refractivity contribution is 0.112. The number of aldehydes is 1. The molecule has 0 radical (unpaired) electrons. The largest absolute Gasteiger partial charge is 0.496 e. The second-order valence-electron chi connectivity index (χ2n) is 5.53. The Bertz CT molecular complexity index is 660. The zero-order chi connectivity index (χ0) is 15.6.